The van der Waals surface area contributed by atoms with Crippen molar-refractivity contribution in [3.05, 3.63) is 42.4 Å². The highest BCUT2D eigenvalue weighted by Gasteiger charge is 2.16. The van der Waals surface area contributed by atoms with Gasteiger partial charge in [-0.2, -0.15) is 0 Å². The molecule has 2 aromatic rings. The number of aromatic amines is 1. The minimum atomic E-state index is 0.185. The Morgan fingerprint density at radius 2 is 2.44 bits per heavy atom. The molecule has 0 bridgehead atoms. The van der Waals surface area contributed by atoms with Gasteiger partial charge in [-0.3, -0.25) is 5.32 Å². The van der Waals surface area contributed by atoms with E-state index < -0.39 is 0 Å². The summed E-state index contributed by atoms with van der Waals surface area (Å²) in [6, 6.07) is 4.33. The van der Waals surface area contributed by atoms with Gasteiger partial charge >= 0.3 is 0 Å². The molecule has 2 N–H and O–H groups in total. The molecular weight excluding hydrogens is 202 g/mol. The summed E-state index contributed by atoms with van der Waals surface area (Å²) < 4.78 is 5.41. The highest BCUT2D eigenvalue weighted by atomic mass is 16.3. The molecule has 0 aliphatic heterocycles. The fourth-order valence-electron chi connectivity index (χ4n) is 1.79. The molecule has 0 aromatic carbocycles. The summed E-state index contributed by atoms with van der Waals surface area (Å²) >= 11 is 0. The quantitative estimate of drug-likeness (QED) is 0.813. The predicted octanol–water partition coefficient (Wildman–Crippen LogP) is 2.80. The summed E-state index contributed by atoms with van der Waals surface area (Å²) in [7, 11) is 0. The maximum Gasteiger partial charge on any atom is 0.122 e. The molecule has 2 unspecified atom stereocenters. The van der Waals surface area contributed by atoms with Gasteiger partial charge in [-0.25, -0.2) is 4.98 Å². The molecule has 0 aliphatic rings. The molecule has 2 aromatic heterocycles. The Morgan fingerprint density at radius 3 is 3.00 bits per heavy atom. The first-order valence-corrected chi connectivity index (χ1v) is 5.60. The third kappa shape index (κ3) is 2.33. The Morgan fingerprint density at radius 1 is 1.56 bits per heavy atom. The molecule has 0 radical (unpaired) electrons. The van der Waals surface area contributed by atoms with E-state index in [1.807, 2.05) is 18.3 Å². The Labute approximate surface area is 95.1 Å². The molecule has 0 saturated carbocycles. The zero-order valence-electron chi connectivity index (χ0n) is 9.60. The summed E-state index contributed by atoms with van der Waals surface area (Å²) in [4.78, 5) is 7.34. The number of hydrogen-bond acceptors (Lipinski definition) is 3. The van der Waals surface area contributed by atoms with E-state index in [0.29, 0.717) is 0 Å². The molecule has 0 aliphatic carbocycles. The van der Waals surface area contributed by atoms with E-state index in [1.54, 1.807) is 12.5 Å². The summed E-state index contributed by atoms with van der Waals surface area (Å²) in [6.07, 6.45) is 6.29. The van der Waals surface area contributed by atoms with Crippen molar-refractivity contribution in [2.24, 2.45) is 0 Å². The van der Waals surface area contributed by atoms with E-state index >= 15 is 0 Å². The standard InChI is InChI=1S/C12H17N3O/c1-3-10(11-5-4-8-16-11)15-9(2)12-13-6-7-14-12/h4-10,15H,3H2,1-2H3,(H,13,14). The third-order valence-corrected chi connectivity index (χ3v) is 2.68. The number of nitrogens with zero attached hydrogens (tertiary/aromatic N) is 1. The largest absolute Gasteiger partial charge is 0.468 e. The first-order valence-electron chi connectivity index (χ1n) is 5.60. The zero-order chi connectivity index (χ0) is 11.4. The lowest BCUT2D eigenvalue weighted by Crippen LogP contribution is -2.24. The topological polar surface area (TPSA) is 53.9 Å². The van der Waals surface area contributed by atoms with Gasteiger partial charge in [0, 0.05) is 12.4 Å². The molecule has 86 valence electrons. The Bertz CT molecular complexity index is 394. The van der Waals surface area contributed by atoms with E-state index in [0.717, 1.165) is 18.0 Å². The normalized spacial score (nSPS) is 14.9. The highest BCUT2D eigenvalue weighted by Crippen LogP contribution is 2.20. The number of hydrogen-bond donors (Lipinski definition) is 2. The van der Waals surface area contributed by atoms with E-state index in [-0.39, 0.29) is 12.1 Å². The van der Waals surface area contributed by atoms with Gasteiger partial charge in [-0.1, -0.05) is 6.92 Å². The Kier molecular flexibility index (Phi) is 3.41. The summed E-state index contributed by atoms with van der Waals surface area (Å²) in [5.41, 5.74) is 0. The molecule has 4 nitrogen and oxygen atoms in total. The summed E-state index contributed by atoms with van der Waals surface area (Å²) in [6.45, 7) is 4.22. The highest BCUT2D eigenvalue weighted by molar-refractivity contribution is 5.05. The van der Waals surface area contributed by atoms with Crippen LogP contribution in [0.25, 0.3) is 0 Å². The van der Waals surface area contributed by atoms with Crippen LogP contribution in [0.3, 0.4) is 0 Å². The van der Waals surface area contributed by atoms with Gasteiger partial charge < -0.3 is 9.40 Å². The number of aromatic nitrogens is 2. The molecule has 2 atom stereocenters. The van der Waals surface area contributed by atoms with Crippen molar-refractivity contribution in [2.75, 3.05) is 0 Å². The monoisotopic (exact) mass is 219 g/mol. The molecule has 2 heterocycles. The number of imidazole rings is 1. The van der Waals surface area contributed by atoms with Crippen LogP contribution < -0.4 is 5.32 Å². The van der Waals surface area contributed by atoms with Crippen LogP contribution in [0.15, 0.2) is 35.2 Å². The van der Waals surface area contributed by atoms with Crippen molar-refractivity contribution in [3.8, 4) is 0 Å². The first-order chi connectivity index (χ1) is 7.81. The van der Waals surface area contributed by atoms with Crippen molar-refractivity contribution in [3.63, 3.8) is 0 Å². The maximum atomic E-state index is 5.41. The van der Waals surface area contributed by atoms with Crippen LogP contribution in [0.1, 0.15) is 43.9 Å². The molecule has 2 rings (SSSR count). The van der Waals surface area contributed by atoms with Crippen molar-refractivity contribution >= 4 is 0 Å². The molecular formula is C12H17N3O. The first kappa shape index (κ1) is 11.0. The van der Waals surface area contributed by atoms with Crippen LogP contribution in [0, 0.1) is 0 Å². The van der Waals surface area contributed by atoms with Crippen LogP contribution in [0.2, 0.25) is 0 Å². The van der Waals surface area contributed by atoms with Crippen LogP contribution in [0.4, 0.5) is 0 Å². The van der Waals surface area contributed by atoms with Gasteiger partial charge in [-0.15, -0.1) is 0 Å². The lowest BCUT2D eigenvalue weighted by molar-refractivity contribution is 0.371. The maximum absolute atomic E-state index is 5.41. The second-order valence-corrected chi connectivity index (χ2v) is 3.84. The van der Waals surface area contributed by atoms with Gasteiger partial charge in [0.05, 0.1) is 18.3 Å². The van der Waals surface area contributed by atoms with Gasteiger partial charge in [0.15, 0.2) is 0 Å². The fraction of sp³-hybridized carbons (Fsp3) is 0.417. The second kappa shape index (κ2) is 4.99. The molecule has 0 amide bonds. The lowest BCUT2D eigenvalue weighted by Gasteiger charge is -2.19. The summed E-state index contributed by atoms with van der Waals surface area (Å²) in [5, 5.41) is 3.48. The number of rotatable bonds is 5. The van der Waals surface area contributed by atoms with Crippen molar-refractivity contribution in [1.29, 1.82) is 0 Å². The van der Waals surface area contributed by atoms with Crippen molar-refractivity contribution in [1.82, 2.24) is 15.3 Å². The van der Waals surface area contributed by atoms with Gasteiger partial charge in [0.2, 0.25) is 0 Å². The Balaban J connectivity index is 2.02. The number of H-pyrrole nitrogens is 1. The average Bonchev–Trinajstić information content (AvgIpc) is 2.96. The predicted molar refractivity (Wildman–Crippen MR) is 61.9 cm³/mol. The molecule has 16 heavy (non-hydrogen) atoms. The fourth-order valence-corrected chi connectivity index (χ4v) is 1.79. The minimum Gasteiger partial charge on any atom is -0.468 e. The zero-order valence-corrected chi connectivity index (χ0v) is 9.60. The Hall–Kier alpha value is -1.55. The van der Waals surface area contributed by atoms with Crippen LogP contribution in [-0.4, -0.2) is 9.97 Å². The van der Waals surface area contributed by atoms with Gasteiger partial charge in [-0.05, 0) is 25.5 Å². The van der Waals surface area contributed by atoms with Crippen LogP contribution >= 0.6 is 0 Å². The molecule has 0 saturated heterocycles. The van der Waals surface area contributed by atoms with E-state index in [4.69, 9.17) is 4.42 Å². The minimum absolute atomic E-state index is 0.185. The summed E-state index contributed by atoms with van der Waals surface area (Å²) in [5.74, 6) is 1.92. The lowest BCUT2D eigenvalue weighted by atomic mass is 10.1. The van der Waals surface area contributed by atoms with E-state index in [9.17, 15) is 0 Å². The SMILES string of the molecule is CCC(NC(C)c1ncc[nH]1)c1ccco1. The van der Waals surface area contributed by atoms with E-state index in [2.05, 4.69) is 29.1 Å². The second-order valence-electron chi connectivity index (χ2n) is 3.84. The molecule has 4 heteroatoms. The smallest absolute Gasteiger partial charge is 0.122 e. The third-order valence-electron chi connectivity index (χ3n) is 2.68. The van der Waals surface area contributed by atoms with Crippen LogP contribution in [0.5, 0.6) is 0 Å². The van der Waals surface area contributed by atoms with Crippen molar-refractivity contribution < 1.29 is 4.42 Å². The van der Waals surface area contributed by atoms with Crippen LogP contribution in [-0.2, 0) is 0 Å². The molecule has 0 fully saturated rings. The van der Waals surface area contributed by atoms with Gasteiger partial charge in [0.1, 0.15) is 11.6 Å². The van der Waals surface area contributed by atoms with Gasteiger partial charge in [0.25, 0.3) is 0 Å². The number of nitrogens with one attached hydrogen (secondary N) is 2. The van der Waals surface area contributed by atoms with E-state index in [1.165, 1.54) is 0 Å². The average molecular weight is 219 g/mol. The number of furan rings is 1. The van der Waals surface area contributed by atoms with Crippen molar-refractivity contribution in [2.45, 2.75) is 32.4 Å². The molecule has 0 spiro atoms.